The molecule has 3 N–H and O–H groups in total. The second-order valence-corrected chi connectivity index (χ2v) is 5.97. The molecule has 10 heteroatoms. The lowest BCUT2D eigenvalue weighted by atomic mass is 10.0. The molecule has 0 bridgehead atoms. The van der Waals surface area contributed by atoms with Gasteiger partial charge in [0.25, 0.3) is 5.56 Å². The molecule has 0 saturated heterocycles. The van der Waals surface area contributed by atoms with Crippen molar-refractivity contribution in [2.45, 2.75) is 25.6 Å². The number of hydrogen-bond donors (Lipinski definition) is 3. The van der Waals surface area contributed by atoms with Gasteiger partial charge in [0.05, 0.1) is 5.56 Å². The lowest BCUT2D eigenvalue weighted by molar-refractivity contribution is -0.137. The van der Waals surface area contributed by atoms with Crippen molar-refractivity contribution >= 4 is 17.5 Å². The molecule has 134 valence electrons. The van der Waals surface area contributed by atoms with Gasteiger partial charge in [0.15, 0.2) is 0 Å². The van der Waals surface area contributed by atoms with Gasteiger partial charge in [0.2, 0.25) is 0 Å². The van der Waals surface area contributed by atoms with E-state index in [-0.39, 0.29) is 6.54 Å². The van der Waals surface area contributed by atoms with Crippen LogP contribution in [0.1, 0.15) is 19.4 Å². The molecule has 0 spiro atoms. The first-order valence-electron chi connectivity index (χ1n) is 6.91. The number of nitrogens with zero attached hydrogens (tertiary/aromatic N) is 1. The van der Waals surface area contributed by atoms with Crippen LogP contribution in [0.25, 0.3) is 0 Å². The number of H-pyrrole nitrogens is 1. The number of amides is 2. The van der Waals surface area contributed by atoms with Crippen LogP contribution in [0, 0.1) is 0 Å². The number of aromatic nitrogens is 1. The number of rotatable bonds is 4. The standard InChI is InChI=1S/C14H19F3N4O3/c1-13(2,21(3)4)7-19-11(23)12(24)20-9-5-8(14(15,16)17)6-18-10(9)22/h5-6H,7H2,1-4H3,(H,18,22)(H,19,23)(H,20,24). The topological polar surface area (TPSA) is 94.3 Å². The third kappa shape index (κ3) is 5.08. The summed E-state index contributed by atoms with van der Waals surface area (Å²) in [5, 5.41) is 4.24. The van der Waals surface area contributed by atoms with Crippen LogP contribution in [0.4, 0.5) is 18.9 Å². The fourth-order valence-electron chi connectivity index (χ4n) is 1.45. The Kier molecular flexibility index (Phi) is 5.77. The Balaban J connectivity index is 2.81. The Labute approximate surface area is 136 Å². The first-order valence-corrected chi connectivity index (χ1v) is 6.91. The Morgan fingerprint density at radius 1 is 1.21 bits per heavy atom. The zero-order chi connectivity index (χ0) is 18.7. The maximum Gasteiger partial charge on any atom is 0.417 e. The van der Waals surface area contributed by atoms with Gasteiger partial charge < -0.3 is 20.5 Å². The van der Waals surface area contributed by atoms with Gasteiger partial charge in [0, 0.05) is 18.3 Å². The highest BCUT2D eigenvalue weighted by Crippen LogP contribution is 2.29. The average Bonchev–Trinajstić information content (AvgIpc) is 2.45. The second-order valence-electron chi connectivity index (χ2n) is 5.97. The molecule has 0 unspecified atom stereocenters. The van der Waals surface area contributed by atoms with Crippen molar-refractivity contribution in [1.29, 1.82) is 0 Å². The molecule has 1 aromatic heterocycles. The maximum atomic E-state index is 12.6. The number of alkyl halides is 3. The predicted molar refractivity (Wildman–Crippen MR) is 81.5 cm³/mol. The van der Waals surface area contributed by atoms with Gasteiger partial charge in [0.1, 0.15) is 5.69 Å². The zero-order valence-electron chi connectivity index (χ0n) is 13.7. The number of halogens is 3. The molecule has 0 radical (unpaired) electrons. The zero-order valence-corrected chi connectivity index (χ0v) is 13.7. The normalized spacial score (nSPS) is 12.2. The number of likely N-dealkylation sites (N-methyl/N-ethyl adjacent to an activating group) is 1. The maximum absolute atomic E-state index is 12.6. The van der Waals surface area contributed by atoms with Crippen molar-refractivity contribution in [3.05, 3.63) is 28.2 Å². The van der Waals surface area contributed by atoms with E-state index in [1.165, 1.54) is 0 Å². The van der Waals surface area contributed by atoms with Crippen LogP contribution < -0.4 is 16.2 Å². The van der Waals surface area contributed by atoms with Crippen LogP contribution in [-0.2, 0) is 15.8 Å². The molecular formula is C14H19F3N4O3. The lowest BCUT2D eigenvalue weighted by Gasteiger charge is -2.32. The minimum Gasteiger partial charge on any atom is -0.346 e. The summed E-state index contributed by atoms with van der Waals surface area (Å²) < 4.78 is 37.8. The summed E-state index contributed by atoms with van der Waals surface area (Å²) in [7, 11) is 3.57. The minimum absolute atomic E-state index is 0.130. The van der Waals surface area contributed by atoms with E-state index in [9.17, 15) is 27.6 Å². The van der Waals surface area contributed by atoms with E-state index < -0.39 is 40.3 Å². The smallest absolute Gasteiger partial charge is 0.346 e. The fraction of sp³-hybridized carbons (Fsp3) is 0.500. The van der Waals surface area contributed by atoms with Crippen LogP contribution in [0.5, 0.6) is 0 Å². The van der Waals surface area contributed by atoms with Crippen molar-refractivity contribution in [2.24, 2.45) is 0 Å². The van der Waals surface area contributed by atoms with Gasteiger partial charge in [-0.2, -0.15) is 13.2 Å². The third-order valence-electron chi connectivity index (χ3n) is 3.58. The molecule has 2 amide bonds. The summed E-state index contributed by atoms with van der Waals surface area (Å²) in [6.45, 7) is 3.77. The Morgan fingerprint density at radius 3 is 2.29 bits per heavy atom. The summed E-state index contributed by atoms with van der Waals surface area (Å²) >= 11 is 0. The molecule has 0 saturated carbocycles. The molecule has 0 aliphatic carbocycles. The van der Waals surface area contributed by atoms with E-state index in [0.717, 1.165) is 0 Å². The SMILES string of the molecule is CN(C)C(C)(C)CNC(=O)C(=O)Nc1cc(C(F)(F)F)c[nH]c1=O. The highest BCUT2D eigenvalue weighted by atomic mass is 19.4. The van der Waals surface area contributed by atoms with Crippen molar-refractivity contribution in [3.8, 4) is 0 Å². The Morgan fingerprint density at radius 2 is 1.79 bits per heavy atom. The highest BCUT2D eigenvalue weighted by molar-refractivity contribution is 6.39. The van der Waals surface area contributed by atoms with Crippen LogP contribution in [0.3, 0.4) is 0 Å². The molecule has 0 aliphatic rings. The second kappa shape index (κ2) is 7.04. The number of aromatic amines is 1. The summed E-state index contributed by atoms with van der Waals surface area (Å²) in [6.07, 6.45) is -4.21. The lowest BCUT2D eigenvalue weighted by Crippen LogP contribution is -2.50. The molecule has 0 atom stereocenters. The molecule has 0 fully saturated rings. The van der Waals surface area contributed by atoms with Crippen molar-refractivity contribution in [3.63, 3.8) is 0 Å². The van der Waals surface area contributed by atoms with Crippen LogP contribution in [0.15, 0.2) is 17.1 Å². The fourth-order valence-corrected chi connectivity index (χ4v) is 1.45. The largest absolute Gasteiger partial charge is 0.417 e. The average molecular weight is 348 g/mol. The van der Waals surface area contributed by atoms with Crippen LogP contribution in [-0.4, -0.2) is 47.9 Å². The van der Waals surface area contributed by atoms with Crippen LogP contribution in [0.2, 0.25) is 0 Å². The Hall–Kier alpha value is -2.36. The minimum atomic E-state index is -4.69. The number of carbonyl (C=O) groups excluding carboxylic acids is 2. The summed E-state index contributed by atoms with van der Waals surface area (Å²) in [5.41, 5.74) is -3.19. The highest BCUT2D eigenvalue weighted by Gasteiger charge is 2.32. The molecule has 1 aromatic rings. The quantitative estimate of drug-likeness (QED) is 0.701. The first-order chi connectivity index (χ1) is 10.8. The summed E-state index contributed by atoms with van der Waals surface area (Å²) in [5.74, 6) is -2.28. The number of anilines is 1. The number of pyridine rings is 1. The van der Waals surface area contributed by atoms with Gasteiger partial charge in [-0.05, 0) is 34.0 Å². The molecule has 7 nitrogen and oxygen atoms in total. The van der Waals surface area contributed by atoms with E-state index in [4.69, 9.17) is 0 Å². The van der Waals surface area contributed by atoms with E-state index in [0.29, 0.717) is 12.3 Å². The predicted octanol–water partition coefficient (Wildman–Crippen LogP) is 0.789. The van der Waals surface area contributed by atoms with Crippen LogP contribution >= 0.6 is 0 Å². The van der Waals surface area contributed by atoms with Gasteiger partial charge in [-0.1, -0.05) is 0 Å². The van der Waals surface area contributed by atoms with Gasteiger partial charge in [-0.25, -0.2) is 0 Å². The number of carbonyl (C=O) groups is 2. The Bertz CT molecular complexity index is 681. The van der Waals surface area contributed by atoms with E-state index in [1.54, 1.807) is 14.1 Å². The van der Waals surface area contributed by atoms with E-state index in [1.807, 2.05) is 29.0 Å². The van der Waals surface area contributed by atoms with Crippen molar-refractivity contribution in [1.82, 2.24) is 15.2 Å². The van der Waals surface area contributed by atoms with Crippen molar-refractivity contribution < 1.29 is 22.8 Å². The van der Waals surface area contributed by atoms with E-state index in [2.05, 4.69) is 5.32 Å². The van der Waals surface area contributed by atoms with Gasteiger partial charge >= 0.3 is 18.0 Å². The molecule has 0 aromatic carbocycles. The van der Waals surface area contributed by atoms with E-state index >= 15 is 0 Å². The molecule has 1 heterocycles. The molecular weight excluding hydrogens is 329 g/mol. The van der Waals surface area contributed by atoms with Gasteiger partial charge in [-0.3, -0.25) is 14.4 Å². The third-order valence-corrected chi connectivity index (χ3v) is 3.58. The number of nitrogens with one attached hydrogen (secondary N) is 3. The van der Waals surface area contributed by atoms with Gasteiger partial charge in [-0.15, -0.1) is 0 Å². The summed E-state index contributed by atoms with van der Waals surface area (Å²) in [6, 6.07) is 0.466. The molecule has 24 heavy (non-hydrogen) atoms. The molecule has 0 aliphatic heterocycles. The molecule has 1 rings (SSSR count). The van der Waals surface area contributed by atoms with Crippen molar-refractivity contribution in [2.75, 3.05) is 26.0 Å². The monoisotopic (exact) mass is 348 g/mol. The summed E-state index contributed by atoms with van der Waals surface area (Å²) in [4.78, 5) is 38.6. The first kappa shape index (κ1) is 19.7. The number of hydrogen-bond acceptors (Lipinski definition) is 4.